The second-order valence-corrected chi connectivity index (χ2v) is 19.8. The molecule has 0 aromatic rings. The van der Waals surface area contributed by atoms with Crippen molar-refractivity contribution < 1.29 is 52.2 Å². The molecule has 2 N–H and O–H groups in total. The Morgan fingerprint density at radius 1 is 0.392 bits per heavy atom. The van der Waals surface area contributed by atoms with Gasteiger partial charge in [-0.3, -0.25) is 23.4 Å². The summed E-state index contributed by atoms with van der Waals surface area (Å²) in [6.45, 7) is 4.26. The highest BCUT2D eigenvalue weighted by atomic mass is 31.2. The molecule has 0 heterocycles. The van der Waals surface area contributed by atoms with Crippen LogP contribution in [0.4, 0.5) is 0 Å². The van der Waals surface area contributed by atoms with Crippen molar-refractivity contribution in [3.63, 3.8) is 0 Å². The van der Waals surface area contributed by atoms with Crippen LogP contribution in [0.1, 0.15) is 213 Å². The monoisotopic (exact) mass is 1050 g/mol. The molecule has 0 saturated carbocycles. The summed E-state index contributed by atoms with van der Waals surface area (Å²) in [6.07, 6.45) is 67.5. The zero-order valence-electron chi connectivity index (χ0n) is 46.3. The van der Waals surface area contributed by atoms with Gasteiger partial charge in [-0.05, 0) is 116 Å². The normalized spacial score (nSPS) is 14.3. The van der Waals surface area contributed by atoms with Crippen LogP contribution in [0.2, 0.25) is 0 Å². The number of hydrogen-bond acceptors (Lipinski definition) is 10. The van der Waals surface area contributed by atoms with Crippen LogP contribution in [0.25, 0.3) is 0 Å². The molecule has 0 radical (unpaired) electrons. The summed E-state index contributed by atoms with van der Waals surface area (Å²) in [5.74, 6) is -1.62. The van der Waals surface area contributed by atoms with Gasteiger partial charge in [-0.1, -0.05) is 200 Å². The lowest BCUT2D eigenvalue weighted by Crippen LogP contribution is -2.30. The quantitative estimate of drug-likeness (QED) is 0.0197. The number of aliphatic hydroxyl groups is 1. The van der Waals surface area contributed by atoms with E-state index in [9.17, 15) is 28.9 Å². The topological polar surface area (TPSA) is 155 Å². The van der Waals surface area contributed by atoms with E-state index in [1.165, 1.54) is 38.5 Å². The molecule has 0 rings (SSSR count). The van der Waals surface area contributed by atoms with Crippen LogP contribution in [0.15, 0.2) is 122 Å². The second-order valence-electron chi connectivity index (χ2n) is 18.3. The minimum absolute atomic E-state index is 0.0919. The van der Waals surface area contributed by atoms with Crippen LogP contribution in [-0.2, 0) is 42.2 Å². The van der Waals surface area contributed by atoms with E-state index in [1.54, 1.807) is 0 Å². The van der Waals surface area contributed by atoms with Crippen molar-refractivity contribution in [3.8, 4) is 0 Å². The van der Waals surface area contributed by atoms with Crippen LogP contribution in [0.3, 0.4) is 0 Å². The molecule has 74 heavy (non-hydrogen) atoms. The summed E-state index contributed by atoms with van der Waals surface area (Å²) >= 11 is 0. The Kier molecular flexibility index (Phi) is 52.1. The first-order chi connectivity index (χ1) is 36.2. The second kappa shape index (κ2) is 55.1. The first-order valence-corrected chi connectivity index (χ1v) is 29.9. The van der Waals surface area contributed by atoms with Crippen molar-refractivity contribution in [1.82, 2.24) is 0 Å². The Morgan fingerprint density at radius 2 is 0.730 bits per heavy atom. The zero-order chi connectivity index (χ0) is 54.1. The van der Waals surface area contributed by atoms with Crippen LogP contribution in [-0.4, -0.2) is 66.5 Å². The highest BCUT2D eigenvalue weighted by Gasteiger charge is 2.28. The summed E-state index contributed by atoms with van der Waals surface area (Å²) in [5, 5.41) is 9.79. The number of allylic oxidation sites excluding steroid dienone is 20. The van der Waals surface area contributed by atoms with Gasteiger partial charge in [0.1, 0.15) is 12.7 Å². The van der Waals surface area contributed by atoms with Crippen molar-refractivity contribution in [1.29, 1.82) is 0 Å². The van der Waals surface area contributed by atoms with Crippen molar-refractivity contribution in [3.05, 3.63) is 122 Å². The highest BCUT2D eigenvalue weighted by molar-refractivity contribution is 7.47. The lowest BCUT2D eigenvalue weighted by atomic mass is 10.1. The van der Waals surface area contributed by atoms with Gasteiger partial charge in [-0.15, -0.1) is 0 Å². The van der Waals surface area contributed by atoms with Gasteiger partial charge in [0.25, 0.3) is 0 Å². The van der Waals surface area contributed by atoms with E-state index in [-0.39, 0.29) is 25.9 Å². The maximum atomic E-state index is 12.9. The fraction of sp³-hybridized carbons (Fsp3) is 0.629. The average Bonchev–Trinajstić information content (AvgIpc) is 3.39. The van der Waals surface area contributed by atoms with Gasteiger partial charge in [0.15, 0.2) is 6.10 Å². The summed E-state index contributed by atoms with van der Waals surface area (Å²) in [4.78, 5) is 48.5. The van der Waals surface area contributed by atoms with E-state index >= 15 is 0 Å². The van der Waals surface area contributed by atoms with Crippen LogP contribution < -0.4 is 0 Å². The highest BCUT2D eigenvalue weighted by Crippen LogP contribution is 2.43. The number of hydrogen-bond donors (Lipinski definition) is 2. The molecule has 3 atom stereocenters. The van der Waals surface area contributed by atoms with E-state index in [0.29, 0.717) is 19.3 Å². The number of phosphoric ester groups is 1. The van der Waals surface area contributed by atoms with Crippen molar-refractivity contribution >= 4 is 25.7 Å². The molecule has 0 saturated heterocycles. The molecule has 0 spiro atoms. The molecular weight excluding hydrogens is 952 g/mol. The van der Waals surface area contributed by atoms with E-state index in [2.05, 4.69) is 130 Å². The van der Waals surface area contributed by atoms with Crippen LogP contribution in [0, 0.1) is 0 Å². The summed E-state index contributed by atoms with van der Waals surface area (Å²) < 4.78 is 39.4. The molecule has 420 valence electrons. The van der Waals surface area contributed by atoms with E-state index < -0.39 is 57.8 Å². The Balaban J connectivity index is 4.89. The van der Waals surface area contributed by atoms with Crippen LogP contribution in [0.5, 0.6) is 0 Å². The zero-order valence-corrected chi connectivity index (χ0v) is 47.2. The molecule has 0 aliphatic rings. The molecule has 0 bridgehead atoms. The Morgan fingerprint density at radius 3 is 1.16 bits per heavy atom. The third kappa shape index (κ3) is 52.7. The smallest absolute Gasteiger partial charge is 0.462 e. The predicted molar refractivity (Wildman–Crippen MR) is 306 cm³/mol. The molecule has 3 unspecified atom stereocenters. The molecule has 12 heteroatoms. The van der Waals surface area contributed by atoms with Gasteiger partial charge < -0.3 is 24.2 Å². The largest absolute Gasteiger partial charge is 0.472 e. The summed E-state index contributed by atoms with van der Waals surface area (Å²) in [6, 6.07) is 0. The number of esters is 3. The Labute approximate surface area is 449 Å². The van der Waals surface area contributed by atoms with Gasteiger partial charge in [0, 0.05) is 19.3 Å². The lowest BCUT2D eigenvalue weighted by Gasteiger charge is -2.21. The number of carbonyl (C=O) groups excluding carboxylic acids is 3. The maximum absolute atomic E-state index is 12.9. The van der Waals surface area contributed by atoms with Crippen molar-refractivity contribution in [2.45, 2.75) is 226 Å². The number of ether oxygens (including phenoxy) is 3. The number of aliphatic hydroxyl groups excluding tert-OH is 1. The number of phosphoric acid groups is 1. The molecule has 0 fully saturated rings. The van der Waals surface area contributed by atoms with Gasteiger partial charge in [-0.25, -0.2) is 4.57 Å². The van der Waals surface area contributed by atoms with E-state index in [0.717, 1.165) is 116 Å². The van der Waals surface area contributed by atoms with Crippen molar-refractivity contribution in [2.24, 2.45) is 0 Å². The number of carbonyl (C=O) groups is 3. The number of rotatable bonds is 51. The fourth-order valence-corrected chi connectivity index (χ4v) is 7.88. The summed E-state index contributed by atoms with van der Waals surface area (Å²) in [5.41, 5.74) is 0. The molecule has 0 aromatic carbocycles. The molecule has 0 aliphatic heterocycles. The van der Waals surface area contributed by atoms with E-state index in [1.807, 2.05) is 12.2 Å². The molecule has 0 aliphatic carbocycles. The molecule has 0 amide bonds. The first-order valence-electron chi connectivity index (χ1n) is 28.4. The van der Waals surface area contributed by atoms with Gasteiger partial charge >= 0.3 is 25.7 Å². The van der Waals surface area contributed by atoms with E-state index in [4.69, 9.17) is 23.3 Å². The third-order valence-electron chi connectivity index (χ3n) is 11.4. The molecule has 0 aromatic heterocycles. The van der Waals surface area contributed by atoms with Gasteiger partial charge in [0.05, 0.1) is 19.8 Å². The minimum Gasteiger partial charge on any atom is -0.462 e. The third-order valence-corrected chi connectivity index (χ3v) is 12.3. The summed E-state index contributed by atoms with van der Waals surface area (Å²) in [7, 11) is -4.78. The van der Waals surface area contributed by atoms with Crippen molar-refractivity contribution in [2.75, 3.05) is 26.4 Å². The fourth-order valence-electron chi connectivity index (χ4n) is 7.10. The maximum Gasteiger partial charge on any atom is 0.472 e. The van der Waals surface area contributed by atoms with Gasteiger partial charge in [0.2, 0.25) is 0 Å². The van der Waals surface area contributed by atoms with Gasteiger partial charge in [-0.2, -0.15) is 0 Å². The standard InChI is InChI=1S/C62H101O11P/c1-4-7-10-13-16-19-22-25-27-28-29-30-32-34-36-39-42-45-48-51-60(64)69-55-59(73-62(66)53-50-47-44-41-38-35-31-26-23-20-17-14-11-8-5-2)57-71-74(67,68)70-56-58(54-63)72-61(65)52-49-46-43-40-37-33-24-21-18-15-12-9-6-3/h7,9-10,12,16,18-19,21,25-27,29-31,33-34,36-37,42,45,58-59,63H,4-6,8,11,13-15,17,20,22-24,28,32,35,38-41,43-44,46-57H2,1-3H3,(H,67,68)/b10-7-,12-9-,19-16-,21-18-,27-25-,30-29-,31-26-,36-34-,37-33-,45-42-. The molecular formula is C62H101O11P. The SMILES string of the molecule is CC/C=C\C/C=C\C/C=C\C/C=C\C/C=C\C/C=C\CCC(=O)OCC(COP(=O)(O)OCC(CO)OC(=O)CCCCC/C=C\C/C=C\C/C=C\CC)OC(=O)CCCCCCC/C=C\CCCCCCCC. The Hall–Kier alpha value is -4.12. The lowest BCUT2D eigenvalue weighted by molar-refractivity contribution is -0.161. The Bertz CT molecular complexity index is 1700. The minimum atomic E-state index is -4.78. The average molecular weight is 1050 g/mol. The predicted octanol–water partition coefficient (Wildman–Crippen LogP) is 16.8. The first kappa shape index (κ1) is 69.9. The number of unbranched alkanes of at least 4 members (excludes halogenated alkanes) is 14. The molecule has 11 nitrogen and oxygen atoms in total. The van der Waals surface area contributed by atoms with Crippen LogP contribution >= 0.6 is 7.82 Å².